The van der Waals surface area contributed by atoms with E-state index in [2.05, 4.69) is 10.1 Å². The molecule has 2 rings (SSSR count). The van der Waals surface area contributed by atoms with Gasteiger partial charge in [0.1, 0.15) is 0 Å². The Hall–Kier alpha value is -1.84. The molecule has 0 aliphatic heterocycles. The Labute approximate surface area is 101 Å². The van der Waals surface area contributed by atoms with Gasteiger partial charge in [-0.1, -0.05) is 38.1 Å². The summed E-state index contributed by atoms with van der Waals surface area (Å²) in [5.41, 5.74) is 8.38. The minimum absolute atomic E-state index is 0.125. The summed E-state index contributed by atoms with van der Waals surface area (Å²) in [7, 11) is 0. The van der Waals surface area contributed by atoms with Gasteiger partial charge in [-0.2, -0.15) is 4.98 Å². The topological polar surface area (TPSA) is 64.9 Å². The maximum atomic E-state index is 6.01. The molecular weight excluding hydrogens is 214 g/mol. The average molecular weight is 231 g/mol. The third kappa shape index (κ3) is 2.16. The summed E-state index contributed by atoms with van der Waals surface area (Å²) in [5, 5.41) is 3.99. The minimum atomic E-state index is -0.125. The van der Waals surface area contributed by atoms with E-state index in [9.17, 15) is 0 Å². The molecule has 4 nitrogen and oxygen atoms in total. The van der Waals surface area contributed by atoms with Crippen molar-refractivity contribution in [1.82, 2.24) is 10.1 Å². The fourth-order valence-electron chi connectivity index (χ4n) is 1.50. The van der Waals surface area contributed by atoms with E-state index in [4.69, 9.17) is 10.3 Å². The zero-order valence-corrected chi connectivity index (χ0v) is 10.6. The summed E-state index contributed by atoms with van der Waals surface area (Å²) in [5.74, 6) is 1.17. The molecule has 0 atom stereocenters. The van der Waals surface area contributed by atoms with Gasteiger partial charge in [0.15, 0.2) is 5.82 Å². The van der Waals surface area contributed by atoms with Crippen molar-refractivity contribution < 1.29 is 4.52 Å². The van der Waals surface area contributed by atoms with Crippen LogP contribution in [0.15, 0.2) is 22.7 Å². The van der Waals surface area contributed by atoms with Crippen LogP contribution < -0.4 is 5.73 Å². The summed E-state index contributed by atoms with van der Waals surface area (Å²) in [6, 6.07) is 5.78. The van der Waals surface area contributed by atoms with Crippen LogP contribution in [-0.4, -0.2) is 10.1 Å². The van der Waals surface area contributed by atoms with Crippen LogP contribution in [0.2, 0.25) is 0 Å². The van der Waals surface area contributed by atoms with Gasteiger partial charge >= 0.3 is 0 Å². The van der Waals surface area contributed by atoms with Crippen molar-refractivity contribution in [3.8, 4) is 11.5 Å². The van der Waals surface area contributed by atoms with Crippen molar-refractivity contribution >= 4 is 5.69 Å². The first-order valence-electron chi connectivity index (χ1n) is 5.59. The molecule has 1 aromatic heterocycles. The fourth-order valence-corrected chi connectivity index (χ4v) is 1.50. The molecule has 0 spiro atoms. The monoisotopic (exact) mass is 231 g/mol. The molecule has 1 heterocycles. The average Bonchev–Trinajstić information content (AvgIpc) is 2.70. The summed E-state index contributed by atoms with van der Waals surface area (Å²) in [6.45, 7) is 8.09. The van der Waals surface area contributed by atoms with Crippen LogP contribution in [0, 0.1) is 6.92 Å². The van der Waals surface area contributed by atoms with Crippen molar-refractivity contribution in [2.24, 2.45) is 0 Å². The van der Waals surface area contributed by atoms with Gasteiger partial charge < -0.3 is 10.3 Å². The number of nitrogen functional groups attached to an aromatic ring is 1. The van der Waals surface area contributed by atoms with E-state index in [1.54, 1.807) is 0 Å². The molecule has 0 radical (unpaired) electrons. The molecule has 0 saturated heterocycles. The molecular formula is C13H17N3O. The molecule has 0 unspecified atom stereocenters. The van der Waals surface area contributed by atoms with E-state index in [0.29, 0.717) is 17.4 Å². The van der Waals surface area contributed by atoms with Crippen LogP contribution in [0.1, 0.15) is 32.2 Å². The van der Waals surface area contributed by atoms with Gasteiger partial charge in [-0.15, -0.1) is 0 Å². The second-order valence-electron chi connectivity index (χ2n) is 5.21. The SMILES string of the molecule is Cc1cccc(-c2nc(C(C)(C)C)no2)c1N. The maximum Gasteiger partial charge on any atom is 0.260 e. The Morgan fingerprint density at radius 3 is 2.53 bits per heavy atom. The van der Waals surface area contributed by atoms with Crippen LogP contribution in [0.3, 0.4) is 0 Å². The zero-order valence-electron chi connectivity index (χ0n) is 10.6. The number of aromatic nitrogens is 2. The van der Waals surface area contributed by atoms with Crippen LogP contribution in [0.5, 0.6) is 0 Å². The zero-order chi connectivity index (χ0) is 12.6. The number of hydrogen-bond donors (Lipinski definition) is 1. The molecule has 4 heteroatoms. The van der Waals surface area contributed by atoms with Crippen LogP contribution in [0.25, 0.3) is 11.5 Å². The van der Waals surface area contributed by atoms with Gasteiger partial charge in [0, 0.05) is 11.1 Å². The lowest BCUT2D eigenvalue weighted by Crippen LogP contribution is -2.13. The highest BCUT2D eigenvalue weighted by Crippen LogP contribution is 2.28. The van der Waals surface area contributed by atoms with Crippen LogP contribution >= 0.6 is 0 Å². The van der Waals surface area contributed by atoms with Crippen molar-refractivity contribution in [2.45, 2.75) is 33.1 Å². The lowest BCUT2D eigenvalue weighted by molar-refractivity contribution is 0.402. The summed E-state index contributed by atoms with van der Waals surface area (Å²) in [4.78, 5) is 4.40. The number of rotatable bonds is 1. The molecule has 0 bridgehead atoms. The quantitative estimate of drug-likeness (QED) is 0.766. The molecule has 2 aromatic rings. The lowest BCUT2D eigenvalue weighted by atomic mass is 9.96. The number of benzene rings is 1. The number of nitrogens with two attached hydrogens (primary N) is 1. The Kier molecular flexibility index (Phi) is 2.65. The van der Waals surface area contributed by atoms with Gasteiger partial charge in [-0.25, -0.2) is 0 Å². The fraction of sp³-hybridized carbons (Fsp3) is 0.385. The highest BCUT2D eigenvalue weighted by atomic mass is 16.5. The Morgan fingerprint density at radius 2 is 1.94 bits per heavy atom. The molecule has 17 heavy (non-hydrogen) atoms. The summed E-state index contributed by atoms with van der Waals surface area (Å²) in [6.07, 6.45) is 0. The van der Waals surface area contributed by atoms with Crippen molar-refractivity contribution in [3.63, 3.8) is 0 Å². The minimum Gasteiger partial charge on any atom is -0.398 e. The molecule has 0 fully saturated rings. The largest absolute Gasteiger partial charge is 0.398 e. The van der Waals surface area contributed by atoms with Crippen molar-refractivity contribution in [3.05, 3.63) is 29.6 Å². The van der Waals surface area contributed by atoms with E-state index < -0.39 is 0 Å². The Bertz CT molecular complexity index is 538. The molecule has 1 aromatic carbocycles. The van der Waals surface area contributed by atoms with Gasteiger partial charge in [0.05, 0.1) is 5.56 Å². The van der Waals surface area contributed by atoms with Crippen molar-refractivity contribution in [1.29, 1.82) is 0 Å². The second kappa shape index (κ2) is 3.87. The third-order valence-corrected chi connectivity index (χ3v) is 2.65. The highest BCUT2D eigenvalue weighted by Gasteiger charge is 2.22. The normalized spacial score (nSPS) is 11.8. The molecule has 0 aliphatic carbocycles. The predicted molar refractivity (Wildman–Crippen MR) is 67.6 cm³/mol. The summed E-state index contributed by atoms with van der Waals surface area (Å²) >= 11 is 0. The van der Waals surface area contributed by atoms with Gasteiger partial charge in [-0.05, 0) is 18.6 Å². The smallest absolute Gasteiger partial charge is 0.260 e. The van der Waals surface area contributed by atoms with Crippen LogP contribution in [-0.2, 0) is 5.41 Å². The second-order valence-corrected chi connectivity index (χ2v) is 5.21. The van der Waals surface area contributed by atoms with E-state index in [1.165, 1.54) is 0 Å². The van der Waals surface area contributed by atoms with Gasteiger partial charge in [0.2, 0.25) is 0 Å². The Morgan fingerprint density at radius 1 is 1.24 bits per heavy atom. The Balaban J connectivity index is 2.48. The predicted octanol–water partition coefficient (Wildman–Crippen LogP) is 2.92. The number of aryl methyl sites for hydroxylation is 1. The van der Waals surface area contributed by atoms with E-state index in [1.807, 2.05) is 45.9 Å². The van der Waals surface area contributed by atoms with Gasteiger partial charge in [0.25, 0.3) is 5.89 Å². The number of nitrogens with zero attached hydrogens (tertiary/aromatic N) is 2. The molecule has 2 N–H and O–H groups in total. The first kappa shape index (κ1) is 11.6. The molecule has 0 amide bonds. The first-order valence-corrected chi connectivity index (χ1v) is 5.59. The number of hydrogen-bond acceptors (Lipinski definition) is 4. The number of para-hydroxylation sites is 1. The summed E-state index contributed by atoms with van der Waals surface area (Å²) < 4.78 is 5.27. The lowest BCUT2D eigenvalue weighted by Gasteiger charge is -2.11. The molecule has 0 aliphatic rings. The maximum absolute atomic E-state index is 6.01. The molecule has 90 valence electrons. The van der Waals surface area contributed by atoms with E-state index >= 15 is 0 Å². The third-order valence-electron chi connectivity index (χ3n) is 2.65. The van der Waals surface area contributed by atoms with Gasteiger partial charge in [-0.3, -0.25) is 0 Å². The highest BCUT2D eigenvalue weighted by molar-refractivity contribution is 5.73. The first-order chi connectivity index (χ1) is 7.89. The molecule has 0 saturated carbocycles. The number of anilines is 1. The van der Waals surface area contributed by atoms with E-state index in [-0.39, 0.29) is 5.41 Å². The van der Waals surface area contributed by atoms with Crippen molar-refractivity contribution in [2.75, 3.05) is 5.73 Å². The standard InChI is InChI=1S/C13H17N3O/c1-8-6-5-7-9(10(8)14)11-15-12(16-17-11)13(2,3)4/h5-7H,14H2,1-4H3. The van der Waals surface area contributed by atoms with E-state index in [0.717, 1.165) is 11.1 Å². The van der Waals surface area contributed by atoms with Crippen LogP contribution in [0.4, 0.5) is 5.69 Å².